The van der Waals surface area contributed by atoms with Gasteiger partial charge >= 0.3 is 5.97 Å². The summed E-state index contributed by atoms with van der Waals surface area (Å²) in [7, 11) is 0. The van der Waals surface area contributed by atoms with E-state index in [2.05, 4.69) is 15.9 Å². The van der Waals surface area contributed by atoms with Crippen LogP contribution in [0.4, 0.5) is 8.78 Å². The maximum Gasteiger partial charge on any atom is 0.324 e. The highest BCUT2D eigenvalue weighted by atomic mass is 79.9. The molecule has 0 aromatic heterocycles. The molecule has 0 saturated carbocycles. The van der Waals surface area contributed by atoms with E-state index >= 15 is 0 Å². The molecule has 1 aromatic carbocycles. The second-order valence-corrected chi connectivity index (χ2v) is 8.14. The molecule has 24 heavy (non-hydrogen) atoms. The summed E-state index contributed by atoms with van der Waals surface area (Å²) in [4.78, 5) is 11.7. The summed E-state index contributed by atoms with van der Waals surface area (Å²) in [6.45, 7) is 6.72. The second kappa shape index (κ2) is 7.08. The molecule has 1 aliphatic rings. The molecule has 0 amide bonds. The molecular weight excluding hydrogens is 382 g/mol. The van der Waals surface area contributed by atoms with Gasteiger partial charge in [-0.1, -0.05) is 39.7 Å². The zero-order valence-corrected chi connectivity index (χ0v) is 16.0. The van der Waals surface area contributed by atoms with Gasteiger partial charge in [0.2, 0.25) is 0 Å². The van der Waals surface area contributed by atoms with Crippen LogP contribution in [0.3, 0.4) is 0 Å². The normalized spacial score (nSPS) is 22.0. The van der Waals surface area contributed by atoms with Crippen LogP contribution in [-0.4, -0.2) is 24.1 Å². The lowest BCUT2D eigenvalue weighted by molar-refractivity contribution is -0.154. The van der Waals surface area contributed by atoms with E-state index in [-0.39, 0.29) is 12.8 Å². The Morgan fingerprint density at radius 2 is 2.08 bits per heavy atom. The molecule has 1 fully saturated rings. The van der Waals surface area contributed by atoms with Crippen LogP contribution in [0.2, 0.25) is 0 Å². The van der Waals surface area contributed by atoms with E-state index in [1.807, 2.05) is 25.1 Å². The van der Waals surface area contributed by atoms with Crippen molar-refractivity contribution in [2.75, 3.05) is 6.61 Å². The lowest BCUT2D eigenvalue weighted by Gasteiger charge is -2.31. The first kappa shape index (κ1) is 19.3. The molecule has 2 rings (SSSR count). The van der Waals surface area contributed by atoms with Gasteiger partial charge in [-0.15, -0.1) is 0 Å². The number of carbonyl (C=O) groups is 1. The third kappa shape index (κ3) is 4.99. The number of hydrogen-bond acceptors (Lipinski definition) is 3. The molecule has 0 N–H and O–H groups in total. The van der Waals surface area contributed by atoms with Gasteiger partial charge in [0.1, 0.15) is 17.0 Å². The van der Waals surface area contributed by atoms with E-state index in [9.17, 15) is 13.6 Å². The quantitative estimate of drug-likeness (QED) is 0.509. The zero-order chi connectivity index (χ0) is 18.1. The SMILES string of the molecule is Cc1ccc(C2CCC(F)(F)CO2)c(C(Br)C(=O)OC(C)(C)C)c1. The molecular formula is C18H23BrF2O3. The Balaban J connectivity index is 2.26. The summed E-state index contributed by atoms with van der Waals surface area (Å²) in [6, 6.07) is 5.61. The lowest BCUT2D eigenvalue weighted by atomic mass is 9.93. The Labute approximate surface area is 149 Å². The number of benzene rings is 1. The van der Waals surface area contributed by atoms with Crippen molar-refractivity contribution in [3.63, 3.8) is 0 Å². The highest BCUT2D eigenvalue weighted by Gasteiger charge is 2.38. The van der Waals surface area contributed by atoms with E-state index in [4.69, 9.17) is 9.47 Å². The first-order valence-electron chi connectivity index (χ1n) is 7.95. The number of ether oxygens (including phenoxy) is 2. The van der Waals surface area contributed by atoms with E-state index in [0.717, 1.165) is 11.1 Å². The fraction of sp³-hybridized carbons (Fsp3) is 0.611. The minimum Gasteiger partial charge on any atom is -0.459 e. The molecule has 1 aromatic rings. The van der Waals surface area contributed by atoms with Crippen molar-refractivity contribution in [2.24, 2.45) is 0 Å². The van der Waals surface area contributed by atoms with Gasteiger partial charge in [-0.25, -0.2) is 8.78 Å². The average molecular weight is 405 g/mol. The standard InChI is InChI=1S/C18H23BrF2O3/c1-11-5-6-12(14-7-8-18(20,21)10-23-14)13(9-11)15(19)16(22)24-17(2,3)4/h5-6,9,14-15H,7-8,10H2,1-4H3. The van der Waals surface area contributed by atoms with Gasteiger partial charge in [0, 0.05) is 6.42 Å². The van der Waals surface area contributed by atoms with Crippen LogP contribution in [0.5, 0.6) is 0 Å². The zero-order valence-electron chi connectivity index (χ0n) is 14.4. The van der Waals surface area contributed by atoms with Gasteiger partial charge in [-0.05, 0) is 45.2 Å². The summed E-state index contributed by atoms with van der Waals surface area (Å²) in [5.74, 6) is -3.18. The molecule has 1 aliphatic heterocycles. The van der Waals surface area contributed by atoms with E-state index < -0.39 is 35.0 Å². The predicted molar refractivity (Wildman–Crippen MR) is 91.6 cm³/mol. The molecule has 1 saturated heterocycles. The molecule has 0 spiro atoms. The molecule has 0 bridgehead atoms. The van der Waals surface area contributed by atoms with Crippen molar-refractivity contribution >= 4 is 21.9 Å². The van der Waals surface area contributed by atoms with Gasteiger partial charge in [-0.2, -0.15) is 0 Å². The summed E-state index contributed by atoms with van der Waals surface area (Å²) in [5.41, 5.74) is 1.84. The number of aryl methyl sites for hydroxylation is 1. The first-order chi connectivity index (χ1) is 11.0. The number of esters is 1. The van der Waals surface area contributed by atoms with Crippen molar-refractivity contribution in [1.82, 2.24) is 0 Å². The molecule has 134 valence electrons. The van der Waals surface area contributed by atoms with Gasteiger partial charge in [0.05, 0.1) is 6.10 Å². The number of alkyl halides is 3. The Kier molecular flexibility index (Phi) is 5.70. The second-order valence-electron chi connectivity index (χ2n) is 7.22. The van der Waals surface area contributed by atoms with Crippen molar-refractivity contribution in [2.45, 2.75) is 63.0 Å². The minimum absolute atomic E-state index is 0.218. The fourth-order valence-corrected chi connectivity index (χ4v) is 3.14. The number of rotatable bonds is 3. The lowest BCUT2D eigenvalue weighted by Crippen LogP contribution is -2.31. The van der Waals surface area contributed by atoms with Crippen LogP contribution in [0.15, 0.2) is 18.2 Å². The van der Waals surface area contributed by atoms with Crippen LogP contribution >= 0.6 is 15.9 Å². The van der Waals surface area contributed by atoms with Gasteiger partial charge in [-0.3, -0.25) is 4.79 Å². The summed E-state index contributed by atoms with van der Waals surface area (Å²) in [6.07, 6.45) is -0.440. The Hall–Kier alpha value is -1.01. The van der Waals surface area contributed by atoms with Crippen LogP contribution in [0.25, 0.3) is 0 Å². The maximum atomic E-state index is 13.3. The summed E-state index contributed by atoms with van der Waals surface area (Å²) >= 11 is 3.40. The molecule has 0 aliphatic carbocycles. The van der Waals surface area contributed by atoms with Gasteiger partial charge in [0.25, 0.3) is 5.92 Å². The highest BCUT2D eigenvalue weighted by Crippen LogP contribution is 2.40. The average Bonchev–Trinajstić information content (AvgIpc) is 2.45. The monoisotopic (exact) mass is 404 g/mol. The molecule has 0 radical (unpaired) electrons. The van der Waals surface area contributed by atoms with Crippen LogP contribution < -0.4 is 0 Å². The van der Waals surface area contributed by atoms with E-state index in [1.165, 1.54) is 0 Å². The van der Waals surface area contributed by atoms with Gasteiger partial charge in [0.15, 0.2) is 0 Å². The smallest absolute Gasteiger partial charge is 0.324 e. The number of halogens is 3. The van der Waals surface area contributed by atoms with Crippen LogP contribution in [-0.2, 0) is 14.3 Å². The highest BCUT2D eigenvalue weighted by molar-refractivity contribution is 9.09. The third-order valence-corrected chi connectivity index (χ3v) is 4.61. The Morgan fingerprint density at radius 3 is 2.62 bits per heavy atom. The van der Waals surface area contributed by atoms with Crippen molar-refractivity contribution in [3.8, 4) is 0 Å². The van der Waals surface area contributed by atoms with Crippen molar-refractivity contribution in [1.29, 1.82) is 0 Å². The minimum atomic E-state index is -2.78. The molecule has 1 heterocycles. The Morgan fingerprint density at radius 1 is 1.42 bits per heavy atom. The predicted octanol–water partition coefficient (Wildman–Crippen LogP) is 5.26. The van der Waals surface area contributed by atoms with Crippen molar-refractivity contribution in [3.05, 3.63) is 34.9 Å². The first-order valence-corrected chi connectivity index (χ1v) is 8.87. The summed E-state index contributed by atoms with van der Waals surface area (Å²) < 4.78 is 37.4. The Bertz CT molecular complexity index is 601. The topological polar surface area (TPSA) is 35.5 Å². The van der Waals surface area contributed by atoms with E-state index in [0.29, 0.717) is 5.56 Å². The van der Waals surface area contributed by atoms with Gasteiger partial charge < -0.3 is 9.47 Å². The molecule has 3 nitrogen and oxygen atoms in total. The fourth-order valence-electron chi connectivity index (χ4n) is 2.65. The summed E-state index contributed by atoms with van der Waals surface area (Å²) in [5, 5.41) is 0. The number of hydrogen-bond donors (Lipinski definition) is 0. The molecule has 2 unspecified atom stereocenters. The molecule has 6 heteroatoms. The van der Waals surface area contributed by atoms with Crippen LogP contribution in [0.1, 0.15) is 61.2 Å². The molecule has 2 atom stereocenters. The third-order valence-electron chi connectivity index (χ3n) is 3.74. The number of carbonyl (C=O) groups excluding carboxylic acids is 1. The maximum absolute atomic E-state index is 13.3. The van der Waals surface area contributed by atoms with Crippen molar-refractivity contribution < 1.29 is 23.0 Å². The largest absolute Gasteiger partial charge is 0.459 e. The van der Waals surface area contributed by atoms with Crippen LogP contribution in [0, 0.1) is 6.92 Å². The van der Waals surface area contributed by atoms with E-state index in [1.54, 1.807) is 20.8 Å².